The van der Waals surface area contributed by atoms with Crippen LogP contribution >= 0.6 is 0 Å². The van der Waals surface area contributed by atoms with Crippen molar-refractivity contribution in [2.45, 2.75) is 32.2 Å². The van der Waals surface area contributed by atoms with Crippen LogP contribution in [-0.4, -0.2) is 14.6 Å². The first-order valence-corrected chi connectivity index (χ1v) is 7.46. The minimum Gasteiger partial charge on any atom is -0.361 e. The lowest BCUT2D eigenvalue weighted by atomic mass is 9.88. The number of nitrogens with zero attached hydrogens (tertiary/aromatic N) is 3. The van der Waals surface area contributed by atoms with Crippen molar-refractivity contribution in [3.63, 3.8) is 0 Å². The summed E-state index contributed by atoms with van der Waals surface area (Å²) >= 11 is 0. The molecule has 21 heavy (non-hydrogen) atoms. The van der Waals surface area contributed by atoms with Gasteiger partial charge in [-0.05, 0) is 43.4 Å². The van der Waals surface area contributed by atoms with Gasteiger partial charge in [-0.15, -0.1) is 0 Å². The second kappa shape index (κ2) is 4.88. The van der Waals surface area contributed by atoms with Crippen molar-refractivity contribution < 1.29 is 0 Å². The maximum atomic E-state index is 4.52. The maximum Gasteiger partial charge on any atom is 0.152 e. The molecule has 2 aromatic heterocycles. The molecule has 106 valence electrons. The van der Waals surface area contributed by atoms with Gasteiger partial charge in [0.25, 0.3) is 0 Å². The molecule has 1 unspecified atom stereocenters. The lowest BCUT2D eigenvalue weighted by Crippen LogP contribution is -2.18. The highest BCUT2D eigenvalue weighted by atomic mass is 15.2. The standard InChI is InChI=1S/C17H18N4/c1-12-11-16-17(18-9-10-21(16)20-12)19-15-8-4-6-13-5-2-3-7-14(13)15/h2-3,5,7,9-11,15H,4,6,8H2,1H3,(H,18,19). The van der Waals surface area contributed by atoms with Gasteiger partial charge >= 0.3 is 0 Å². The van der Waals surface area contributed by atoms with Gasteiger partial charge in [-0.25, -0.2) is 9.50 Å². The number of aromatic nitrogens is 3. The summed E-state index contributed by atoms with van der Waals surface area (Å²) in [5, 5.41) is 8.07. The molecule has 1 aliphatic carbocycles. The van der Waals surface area contributed by atoms with Crippen LogP contribution in [0.4, 0.5) is 5.82 Å². The van der Waals surface area contributed by atoms with Crippen molar-refractivity contribution >= 4 is 11.3 Å². The summed E-state index contributed by atoms with van der Waals surface area (Å²) in [7, 11) is 0. The van der Waals surface area contributed by atoms with Gasteiger partial charge < -0.3 is 5.32 Å². The largest absolute Gasteiger partial charge is 0.361 e. The minimum atomic E-state index is 0.337. The topological polar surface area (TPSA) is 42.2 Å². The lowest BCUT2D eigenvalue weighted by molar-refractivity contribution is 0.599. The Bertz CT molecular complexity index is 790. The normalized spacial score (nSPS) is 17.7. The van der Waals surface area contributed by atoms with E-state index in [0.29, 0.717) is 6.04 Å². The van der Waals surface area contributed by atoms with E-state index < -0.39 is 0 Å². The molecule has 3 aromatic rings. The second-order valence-corrected chi connectivity index (χ2v) is 5.68. The fourth-order valence-corrected chi connectivity index (χ4v) is 3.22. The Morgan fingerprint density at radius 3 is 3.14 bits per heavy atom. The summed E-state index contributed by atoms with van der Waals surface area (Å²) in [6.07, 6.45) is 7.24. The van der Waals surface area contributed by atoms with Crippen LogP contribution in [0.25, 0.3) is 5.52 Å². The predicted octanol–water partition coefficient (Wildman–Crippen LogP) is 3.53. The number of hydrogen-bond donors (Lipinski definition) is 1. The molecule has 0 spiro atoms. The van der Waals surface area contributed by atoms with Crippen LogP contribution in [0.1, 0.15) is 35.7 Å². The molecule has 0 radical (unpaired) electrons. The molecule has 0 saturated carbocycles. The summed E-state index contributed by atoms with van der Waals surface area (Å²) in [6, 6.07) is 11.1. The zero-order valence-electron chi connectivity index (χ0n) is 12.1. The van der Waals surface area contributed by atoms with E-state index in [1.807, 2.05) is 17.6 Å². The maximum absolute atomic E-state index is 4.52. The fraction of sp³-hybridized carbons (Fsp3) is 0.294. The van der Waals surface area contributed by atoms with Crippen LogP contribution in [-0.2, 0) is 6.42 Å². The molecule has 0 amide bonds. The summed E-state index contributed by atoms with van der Waals surface area (Å²) in [4.78, 5) is 4.52. The molecule has 1 atom stereocenters. The Morgan fingerprint density at radius 1 is 1.29 bits per heavy atom. The highest BCUT2D eigenvalue weighted by Crippen LogP contribution is 2.32. The molecule has 4 rings (SSSR count). The van der Waals surface area contributed by atoms with E-state index >= 15 is 0 Å². The Kier molecular flexibility index (Phi) is 2.88. The van der Waals surface area contributed by atoms with Crippen LogP contribution in [0.15, 0.2) is 42.7 Å². The lowest BCUT2D eigenvalue weighted by Gasteiger charge is -2.26. The molecule has 4 heteroatoms. The van der Waals surface area contributed by atoms with Crippen LogP contribution < -0.4 is 5.32 Å². The number of nitrogens with one attached hydrogen (secondary N) is 1. The zero-order chi connectivity index (χ0) is 14.2. The first-order chi connectivity index (χ1) is 10.3. The molecule has 4 nitrogen and oxygen atoms in total. The number of aryl methyl sites for hydroxylation is 2. The van der Waals surface area contributed by atoms with E-state index in [9.17, 15) is 0 Å². The van der Waals surface area contributed by atoms with Gasteiger partial charge in [0.15, 0.2) is 5.82 Å². The van der Waals surface area contributed by atoms with Gasteiger partial charge in [0.2, 0.25) is 0 Å². The third-order valence-electron chi connectivity index (χ3n) is 4.19. The summed E-state index contributed by atoms with van der Waals surface area (Å²) in [5.41, 5.74) is 4.91. The van der Waals surface area contributed by atoms with Gasteiger partial charge in [0, 0.05) is 12.4 Å². The molecule has 1 aromatic carbocycles. The van der Waals surface area contributed by atoms with E-state index in [4.69, 9.17) is 0 Å². The van der Waals surface area contributed by atoms with Gasteiger partial charge in [0.1, 0.15) is 5.52 Å². The van der Waals surface area contributed by atoms with E-state index in [2.05, 4.69) is 45.7 Å². The first-order valence-electron chi connectivity index (χ1n) is 7.46. The number of hydrogen-bond acceptors (Lipinski definition) is 3. The predicted molar refractivity (Wildman–Crippen MR) is 83.5 cm³/mol. The fourth-order valence-electron chi connectivity index (χ4n) is 3.22. The Balaban J connectivity index is 1.73. The van der Waals surface area contributed by atoms with Crippen LogP contribution in [0.5, 0.6) is 0 Å². The molecule has 2 heterocycles. The van der Waals surface area contributed by atoms with Crippen LogP contribution in [0, 0.1) is 6.92 Å². The third-order valence-corrected chi connectivity index (χ3v) is 4.19. The number of anilines is 1. The van der Waals surface area contributed by atoms with E-state index in [0.717, 1.165) is 23.4 Å². The molecule has 0 saturated heterocycles. The number of fused-ring (bicyclic) bond motifs is 2. The SMILES string of the molecule is Cc1cc2c(NC3CCCc4ccccc43)nccn2n1. The highest BCUT2D eigenvalue weighted by Gasteiger charge is 2.20. The van der Waals surface area contributed by atoms with Crippen molar-refractivity contribution in [3.05, 3.63) is 59.5 Å². The molecule has 1 N–H and O–H groups in total. The van der Waals surface area contributed by atoms with E-state index in [1.165, 1.54) is 24.0 Å². The second-order valence-electron chi connectivity index (χ2n) is 5.68. The van der Waals surface area contributed by atoms with Gasteiger partial charge in [0.05, 0.1) is 11.7 Å². The average molecular weight is 278 g/mol. The van der Waals surface area contributed by atoms with Crippen molar-refractivity contribution in [1.82, 2.24) is 14.6 Å². The third kappa shape index (κ3) is 2.17. The quantitative estimate of drug-likeness (QED) is 0.779. The van der Waals surface area contributed by atoms with Crippen molar-refractivity contribution in [3.8, 4) is 0 Å². The monoisotopic (exact) mass is 278 g/mol. The molecule has 0 bridgehead atoms. The average Bonchev–Trinajstić information content (AvgIpc) is 2.89. The summed E-state index contributed by atoms with van der Waals surface area (Å²) < 4.78 is 1.89. The molecule has 1 aliphatic rings. The van der Waals surface area contributed by atoms with E-state index in [-0.39, 0.29) is 0 Å². The van der Waals surface area contributed by atoms with Gasteiger partial charge in [-0.1, -0.05) is 24.3 Å². The summed E-state index contributed by atoms with van der Waals surface area (Å²) in [6.45, 7) is 2.01. The van der Waals surface area contributed by atoms with E-state index in [1.54, 1.807) is 6.20 Å². The minimum absolute atomic E-state index is 0.337. The Morgan fingerprint density at radius 2 is 2.19 bits per heavy atom. The van der Waals surface area contributed by atoms with Crippen molar-refractivity contribution in [1.29, 1.82) is 0 Å². The summed E-state index contributed by atoms with van der Waals surface area (Å²) in [5.74, 6) is 0.916. The Hall–Kier alpha value is -2.36. The molecular formula is C17H18N4. The first kappa shape index (κ1) is 12.4. The molecular weight excluding hydrogens is 260 g/mol. The number of benzene rings is 1. The molecule has 0 aliphatic heterocycles. The van der Waals surface area contributed by atoms with Gasteiger partial charge in [-0.3, -0.25) is 0 Å². The van der Waals surface area contributed by atoms with Gasteiger partial charge in [-0.2, -0.15) is 5.10 Å². The highest BCUT2D eigenvalue weighted by molar-refractivity contribution is 5.68. The molecule has 0 fully saturated rings. The van der Waals surface area contributed by atoms with Crippen LogP contribution in [0.3, 0.4) is 0 Å². The zero-order valence-corrected chi connectivity index (χ0v) is 12.1. The van der Waals surface area contributed by atoms with Crippen molar-refractivity contribution in [2.24, 2.45) is 0 Å². The van der Waals surface area contributed by atoms with Crippen LogP contribution in [0.2, 0.25) is 0 Å². The van der Waals surface area contributed by atoms with Crippen molar-refractivity contribution in [2.75, 3.05) is 5.32 Å². The number of rotatable bonds is 2. The smallest absolute Gasteiger partial charge is 0.152 e. The Labute approximate surface area is 123 Å².